The van der Waals surface area contributed by atoms with Crippen LogP contribution in [0.4, 0.5) is 18.9 Å². The second-order valence-electron chi connectivity index (χ2n) is 6.22. The first-order chi connectivity index (χ1) is 12.4. The second kappa shape index (κ2) is 7.59. The highest BCUT2D eigenvalue weighted by Crippen LogP contribution is 2.35. The molecule has 2 aromatic heterocycles. The van der Waals surface area contributed by atoms with Gasteiger partial charge >= 0.3 is 6.18 Å². The van der Waals surface area contributed by atoms with Crippen molar-refractivity contribution in [1.82, 2.24) is 24.9 Å². The van der Waals surface area contributed by atoms with E-state index in [4.69, 9.17) is 11.6 Å². The molecule has 0 radical (unpaired) electrons. The molecule has 0 saturated carbocycles. The summed E-state index contributed by atoms with van der Waals surface area (Å²) in [6.07, 6.45) is -3.58. The topological polar surface area (TPSA) is 93.8 Å². The number of amides is 2. The number of rotatable bonds is 5. The Morgan fingerprint density at radius 1 is 1.19 bits per heavy atom. The van der Waals surface area contributed by atoms with E-state index < -0.39 is 34.4 Å². The molecule has 0 saturated heterocycles. The van der Waals surface area contributed by atoms with E-state index in [2.05, 4.69) is 20.8 Å². The molecule has 2 N–H and O–H groups in total. The van der Waals surface area contributed by atoms with E-state index >= 15 is 0 Å². The lowest BCUT2D eigenvalue weighted by Crippen LogP contribution is -2.30. The van der Waals surface area contributed by atoms with Crippen LogP contribution in [-0.4, -0.2) is 37.9 Å². The Bertz CT molecular complexity index is 872. The Hall–Kier alpha value is -2.56. The third-order valence-corrected chi connectivity index (χ3v) is 3.90. The SMILES string of the molecule is CC(C)CNC(=O)c1c(NC(=O)c2c(Cl)c(C(F)(F)F)nn2C)cnn1C. The smallest absolute Gasteiger partial charge is 0.350 e. The molecule has 0 spiro atoms. The number of aryl methyl sites for hydroxylation is 2. The number of halogens is 4. The minimum atomic E-state index is -4.80. The Kier molecular flexibility index (Phi) is 5.83. The quantitative estimate of drug-likeness (QED) is 0.797. The maximum atomic E-state index is 12.9. The molecule has 0 aliphatic rings. The summed E-state index contributed by atoms with van der Waals surface area (Å²) in [6.45, 7) is 4.23. The van der Waals surface area contributed by atoms with Gasteiger partial charge in [0.15, 0.2) is 5.69 Å². The van der Waals surface area contributed by atoms with Gasteiger partial charge in [0.05, 0.1) is 11.9 Å². The number of aromatic nitrogens is 4. The number of hydrogen-bond acceptors (Lipinski definition) is 4. The van der Waals surface area contributed by atoms with E-state index in [0.717, 1.165) is 11.7 Å². The number of alkyl halides is 3. The van der Waals surface area contributed by atoms with E-state index in [-0.39, 0.29) is 17.3 Å². The Balaban J connectivity index is 2.30. The van der Waals surface area contributed by atoms with Gasteiger partial charge in [-0.15, -0.1) is 0 Å². The van der Waals surface area contributed by atoms with E-state index in [0.29, 0.717) is 6.54 Å². The number of carbonyl (C=O) groups excluding carboxylic acids is 2. The molecule has 0 atom stereocenters. The molecular formula is C15H18ClF3N6O2. The van der Waals surface area contributed by atoms with Crippen molar-refractivity contribution in [2.24, 2.45) is 20.0 Å². The maximum Gasteiger partial charge on any atom is 0.436 e. The molecule has 0 aliphatic carbocycles. The summed E-state index contributed by atoms with van der Waals surface area (Å²) < 4.78 is 40.7. The molecule has 2 amide bonds. The zero-order valence-corrected chi connectivity index (χ0v) is 15.7. The summed E-state index contributed by atoms with van der Waals surface area (Å²) in [7, 11) is 2.66. The van der Waals surface area contributed by atoms with Crippen LogP contribution in [0, 0.1) is 5.92 Å². The number of nitrogens with zero attached hydrogens (tertiary/aromatic N) is 4. The monoisotopic (exact) mass is 406 g/mol. The molecule has 0 aliphatic heterocycles. The molecule has 8 nitrogen and oxygen atoms in total. The number of nitrogens with one attached hydrogen (secondary N) is 2. The van der Waals surface area contributed by atoms with Crippen LogP contribution < -0.4 is 10.6 Å². The van der Waals surface area contributed by atoms with Crippen LogP contribution in [-0.2, 0) is 20.3 Å². The molecule has 0 fully saturated rings. The zero-order valence-electron chi connectivity index (χ0n) is 15.0. The van der Waals surface area contributed by atoms with Crippen LogP contribution in [0.15, 0.2) is 6.20 Å². The zero-order chi connectivity index (χ0) is 20.5. The molecule has 2 heterocycles. The van der Waals surface area contributed by atoms with E-state index in [1.807, 2.05) is 13.8 Å². The van der Waals surface area contributed by atoms with E-state index in [1.54, 1.807) is 0 Å². The van der Waals surface area contributed by atoms with Crippen molar-refractivity contribution in [3.8, 4) is 0 Å². The predicted molar refractivity (Wildman–Crippen MR) is 91.6 cm³/mol. The molecule has 27 heavy (non-hydrogen) atoms. The molecule has 12 heteroatoms. The van der Waals surface area contributed by atoms with Crippen LogP contribution in [0.2, 0.25) is 5.02 Å². The Morgan fingerprint density at radius 3 is 2.33 bits per heavy atom. The fourth-order valence-electron chi connectivity index (χ4n) is 2.29. The first kappa shape index (κ1) is 20.7. The second-order valence-corrected chi connectivity index (χ2v) is 6.60. The van der Waals surface area contributed by atoms with Crippen LogP contribution in [0.3, 0.4) is 0 Å². The third-order valence-electron chi connectivity index (χ3n) is 3.55. The summed E-state index contributed by atoms with van der Waals surface area (Å²) in [5.74, 6) is -1.23. The van der Waals surface area contributed by atoms with Gasteiger partial charge in [0, 0.05) is 20.6 Å². The molecule has 2 rings (SSSR count). The lowest BCUT2D eigenvalue weighted by atomic mass is 10.2. The van der Waals surface area contributed by atoms with Gasteiger partial charge in [0.25, 0.3) is 11.8 Å². The summed E-state index contributed by atoms with van der Waals surface area (Å²) in [5, 5.41) is 11.4. The first-order valence-corrected chi connectivity index (χ1v) is 8.22. The van der Waals surface area contributed by atoms with Gasteiger partial charge in [-0.25, -0.2) is 0 Å². The number of carbonyl (C=O) groups is 2. The summed E-state index contributed by atoms with van der Waals surface area (Å²) in [4.78, 5) is 24.8. The normalized spacial score (nSPS) is 11.7. The molecule has 148 valence electrons. The summed E-state index contributed by atoms with van der Waals surface area (Å²) in [6, 6.07) is 0. The highest BCUT2D eigenvalue weighted by Gasteiger charge is 2.40. The van der Waals surface area contributed by atoms with Crippen molar-refractivity contribution in [2.45, 2.75) is 20.0 Å². The largest absolute Gasteiger partial charge is 0.436 e. The molecular weight excluding hydrogens is 389 g/mol. The highest BCUT2D eigenvalue weighted by molar-refractivity contribution is 6.35. The van der Waals surface area contributed by atoms with Gasteiger partial charge in [-0.05, 0) is 5.92 Å². The number of anilines is 1. The van der Waals surface area contributed by atoms with Crippen molar-refractivity contribution in [2.75, 3.05) is 11.9 Å². The molecule has 2 aromatic rings. The minimum Gasteiger partial charge on any atom is -0.350 e. The van der Waals surface area contributed by atoms with Crippen LogP contribution >= 0.6 is 11.6 Å². The van der Waals surface area contributed by atoms with Crippen molar-refractivity contribution >= 4 is 29.1 Å². The van der Waals surface area contributed by atoms with Gasteiger partial charge in [-0.2, -0.15) is 23.4 Å². The fraction of sp³-hybridized carbons (Fsp3) is 0.467. The average molecular weight is 407 g/mol. The van der Waals surface area contributed by atoms with Crippen LogP contribution in [0.1, 0.15) is 40.5 Å². The fourth-order valence-corrected chi connectivity index (χ4v) is 2.64. The van der Waals surface area contributed by atoms with Gasteiger partial charge in [0.2, 0.25) is 0 Å². The van der Waals surface area contributed by atoms with Gasteiger partial charge in [-0.1, -0.05) is 25.4 Å². The van der Waals surface area contributed by atoms with E-state index in [9.17, 15) is 22.8 Å². The van der Waals surface area contributed by atoms with Crippen molar-refractivity contribution in [3.63, 3.8) is 0 Å². The van der Waals surface area contributed by atoms with Crippen LogP contribution in [0.5, 0.6) is 0 Å². The molecule has 0 unspecified atom stereocenters. The van der Waals surface area contributed by atoms with Gasteiger partial charge in [0.1, 0.15) is 16.4 Å². The third kappa shape index (κ3) is 4.41. The van der Waals surface area contributed by atoms with Gasteiger partial charge in [-0.3, -0.25) is 19.0 Å². The standard InChI is InChI=1S/C15H18ClF3N6O2/c1-7(2)5-20-13(26)10-8(6-21-24(10)3)22-14(27)11-9(16)12(15(17,18)19)23-25(11)4/h6-7H,5H2,1-4H3,(H,20,26)(H,22,27). The molecule has 0 aromatic carbocycles. The van der Waals surface area contributed by atoms with Crippen molar-refractivity contribution in [1.29, 1.82) is 0 Å². The summed E-state index contributed by atoms with van der Waals surface area (Å²) >= 11 is 5.70. The predicted octanol–water partition coefficient (Wildman–Crippen LogP) is 2.46. The van der Waals surface area contributed by atoms with Gasteiger partial charge < -0.3 is 10.6 Å². The number of hydrogen-bond donors (Lipinski definition) is 2. The first-order valence-electron chi connectivity index (χ1n) is 7.84. The maximum absolute atomic E-state index is 12.9. The minimum absolute atomic E-state index is 0.0366. The Labute approximate surface area is 157 Å². The molecule has 0 bridgehead atoms. The lowest BCUT2D eigenvalue weighted by molar-refractivity contribution is -0.141. The Morgan fingerprint density at radius 2 is 1.81 bits per heavy atom. The van der Waals surface area contributed by atoms with Crippen molar-refractivity contribution < 1.29 is 22.8 Å². The highest BCUT2D eigenvalue weighted by atomic mass is 35.5. The van der Waals surface area contributed by atoms with E-state index in [1.165, 1.54) is 17.9 Å². The van der Waals surface area contributed by atoms with Crippen LogP contribution in [0.25, 0.3) is 0 Å². The average Bonchev–Trinajstić information content (AvgIpc) is 3.04. The lowest BCUT2D eigenvalue weighted by Gasteiger charge is -2.10. The van der Waals surface area contributed by atoms with Crippen molar-refractivity contribution in [3.05, 3.63) is 28.3 Å². The summed E-state index contributed by atoms with van der Waals surface area (Å²) in [5.41, 5.74) is -1.76.